The van der Waals surface area contributed by atoms with Crippen LogP contribution in [-0.4, -0.2) is 28.5 Å². The van der Waals surface area contributed by atoms with Gasteiger partial charge in [0.2, 0.25) is 0 Å². The molecule has 0 aromatic heterocycles. The van der Waals surface area contributed by atoms with E-state index in [0.717, 1.165) is 19.3 Å². The van der Waals surface area contributed by atoms with Crippen LogP contribution in [0.2, 0.25) is 0 Å². The minimum Gasteiger partial charge on any atom is -0.390 e. The fraction of sp³-hybridized carbons (Fsp3) is 0.625. The Bertz CT molecular complexity index is 436. The van der Waals surface area contributed by atoms with Crippen LogP contribution >= 0.6 is 0 Å². The molecule has 3 nitrogen and oxygen atoms in total. The van der Waals surface area contributed by atoms with Gasteiger partial charge in [0.25, 0.3) is 0 Å². The number of aliphatic hydroxyl groups excluding tert-OH is 2. The van der Waals surface area contributed by atoms with Crippen molar-refractivity contribution in [3.63, 3.8) is 0 Å². The molecule has 0 radical (unpaired) electrons. The first-order chi connectivity index (χ1) is 9.11. The van der Waals surface area contributed by atoms with Crippen LogP contribution in [0.5, 0.6) is 0 Å². The number of nitrogens with one attached hydrogen (secondary N) is 1. The van der Waals surface area contributed by atoms with Gasteiger partial charge >= 0.3 is 0 Å². The molecule has 3 rings (SSSR count). The third-order valence-electron chi connectivity index (χ3n) is 5.08. The fourth-order valence-electron chi connectivity index (χ4n) is 3.84. The van der Waals surface area contributed by atoms with Gasteiger partial charge in [-0.25, -0.2) is 0 Å². The first-order valence-corrected chi connectivity index (χ1v) is 7.28. The molecule has 1 saturated carbocycles. The lowest BCUT2D eigenvalue weighted by molar-refractivity contribution is -0.0568. The normalized spacial score (nSPS) is 42.7. The van der Waals surface area contributed by atoms with Gasteiger partial charge in [-0.05, 0) is 31.2 Å². The summed E-state index contributed by atoms with van der Waals surface area (Å²) >= 11 is 0. The molecular weight excluding hydrogens is 238 g/mol. The molecule has 1 saturated heterocycles. The summed E-state index contributed by atoms with van der Waals surface area (Å²) < 4.78 is 0. The monoisotopic (exact) mass is 261 g/mol. The topological polar surface area (TPSA) is 52.5 Å². The van der Waals surface area contributed by atoms with Gasteiger partial charge in [0.1, 0.15) is 0 Å². The van der Waals surface area contributed by atoms with Gasteiger partial charge in [-0.3, -0.25) is 0 Å². The molecular formula is C16H23NO2. The lowest BCUT2D eigenvalue weighted by Gasteiger charge is -2.35. The van der Waals surface area contributed by atoms with Gasteiger partial charge in [-0.2, -0.15) is 0 Å². The van der Waals surface area contributed by atoms with Crippen molar-refractivity contribution in [2.75, 3.05) is 0 Å². The number of fused-ring (bicyclic) bond motifs is 1. The van der Waals surface area contributed by atoms with E-state index >= 15 is 0 Å². The average molecular weight is 261 g/mol. The van der Waals surface area contributed by atoms with Crippen molar-refractivity contribution in [1.82, 2.24) is 5.32 Å². The van der Waals surface area contributed by atoms with Crippen molar-refractivity contribution >= 4 is 0 Å². The molecule has 1 heterocycles. The van der Waals surface area contributed by atoms with Crippen LogP contribution < -0.4 is 5.32 Å². The molecule has 19 heavy (non-hydrogen) atoms. The van der Waals surface area contributed by atoms with Crippen molar-refractivity contribution in [2.45, 2.75) is 56.9 Å². The maximum Gasteiger partial charge on any atom is 0.0868 e. The van der Waals surface area contributed by atoms with Crippen LogP contribution in [0.4, 0.5) is 0 Å². The Morgan fingerprint density at radius 3 is 2.63 bits per heavy atom. The minimum absolute atomic E-state index is 0.226. The summed E-state index contributed by atoms with van der Waals surface area (Å²) in [4.78, 5) is 0. The molecule has 0 unspecified atom stereocenters. The Hall–Kier alpha value is -0.900. The van der Waals surface area contributed by atoms with E-state index < -0.39 is 12.2 Å². The zero-order valence-corrected chi connectivity index (χ0v) is 11.4. The lowest BCUT2D eigenvalue weighted by atomic mass is 9.74. The first kappa shape index (κ1) is 13.1. The van der Waals surface area contributed by atoms with Crippen molar-refractivity contribution in [3.05, 3.63) is 35.9 Å². The van der Waals surface area contributed by atoms with Gasteiger partial charge in [0.15, 0.2) is 0 Å². The molecule has 1 aliphatic carbocycles. The summed E-state index contributed by atoms with van der Waals surface area (Å²) in [5.74, 6) is 0. The van der Waals surface area contributed by atoms with Crippen molar-refractivity contribution in [2.24, 2.45) is 5.41 Å². The number of benzene rings is 1. The molecule has 0 amide bonds. The second kappa shape index (κ2) is 4.89. The number of rotatable bonds is 1. The Balaban J connectivity index is 1.86. The summed E-state index contributed by atoms with van der Waals surface area (Å²) in [5, 5.41) is 24.2. The third kappa shape index (κ3) is 2.20. The Kier molecular flexibility index (Phi) is 3.37. The summed E-state index contributed by atoms with van der Waals surface area (Å²) in [6.45, 7) is 2.12. The Labute approximate surface area is 114 Å². The van der Waals surface area contributed by atoms with E-state index in [-0.39, 0.29) is 11.5 Å². The predicted molar refractivity (Wildman–Crippen MR) is 74.7 cm³/mol. The smallest absolute Gasteiger partial charge is 0.0868 e. The molecule has 5 atom stereocenters. The molecule has 1 aromatic rings. The average Bonchev–Trinajstić information content (AvgIpc) is 2.73. The van der Waals surface area contributed by atoms with Crippen LogP contribution in [0, 0.1) is 5.41 Å². The second-order valence-corrected chi connectivity index (χ2v) is 6.34. The zero-order valence-electron chi connectivity index (χ0n) is 11.4. The van der Waals surface area contributed by atoms with Crippen LogP contribution in [-0.2, 0) is 0 Å². The molecule has 1 aromatic carbocycles. The van der Waals surface area contributed by atoms with E-state index in [1.165, 1.54) is 5.56 Å². The van der Waals surface area contributed by atoms with Gasteiger partial charge < -0.3 is 15.5 Å². The maximum absolute atomic E-state index is 10.5. The van der Waals surface area contributed by atoms with Gasteiger partial charge in [0.05, 0.1) is 12.2 Å². The maximum atomic E-state index is 10.5. The highest BCUT2D eigenvalue weighted by Crippen LogP contribution is 2.47. The standard InChI is InChI=1S/C16H23NO2/c1-16-10-12(11-6-3-2-4-7-11)17-14(16)9-5-8-13(18)15(16)19/h2-4,6-7,12-15,17-19H,5,8-10H2,1H3/t12-,13+,14-,15+,16-/m1/s1. The quantitative estimate of drug-likeness (QED) is 0.725. The molecule has 1 aliphatic heterocycles. The van der Waals surface area contributed by atoms with E-state index in [2.05, 4.69) is 36.5 Å². The largest absolute Gasteiger partial charge is 0.390 e. The zero-order chi connectivity index (χ0) is 13.5. The SMILES string of the molecule is C[C@@]12C[C@H](c3ccccc3)N[C@@H]1CCC[C@H](O)[C@@H]2O. The number of hydrogen-bond acceptors (Lipinski definition) is 3. The molecule has 3 N–H and O–H groups in total. The van der Waals surface area contributed by atoms with Crippen LogP contribution in [0.15, 0.2) is 30.3 Å². The lowest BCUT2D eigenvalue weighted by Crippen LogP contribution is -2.46. The molecule has 2 fully saturated rings. The Morgan fingerprint density at radius 1 is 1.16 bits per heavy atom. The molecule has 2 aliphatic rings. The van der Waals surface area contributed by atoms with E-state index in [0.29, 0.717) is 12.5 Å². The highest BCUT2D eigenvalue weighted by Gasteiger charge is 2.51. The third-order valence-corrected chi connectivity index (χ3v) is 5.08. The van der Waals surface area contributed by atoms with Crippen molar-refractivity contribution in [1.29, 1.82) is 0 Å². The van der Waals surface area contributed by atoms with Crippen molar-refractivity contribution < 1.29 is 10.2 Å². The first-order valence-electron chi connectivity index (χ1n) is 7.28. The van der Waals surface area contributed by atoms with Crippen molar-refractivity contribution in [3.8, 4) is 0 Å². The number of hydrogen-bond donors (Lipinski definition) is 3. The molecule has 3 heteroatoms. The summed E-state index contributed by atoms with van der Waals surface area (Å²) in [5.41, 5.74) is 1.05. The fourth-order valence-corrected chi connectivity index (χ4v) is 3.84. The highest BCUT2D eigenvalue weighted by atomic mass is 16.3. The van der Waals surface area contributed by atoms with Gasteiger partial charge in [-0.15, -0.1) is 0 Å². The molecule has 0 spiro atoms. The van der Waals surface area contributed by atoms with E-state index in [4.69, 9.17) is 0 Å². The van der Waals surface area contributed by atoms with Crippen LogP contribution in [0.3, 0.4) is 0 Å². The second-order valence-electron chi connectivity index (χ2n) is 6.34. The Morgan fingerprint density at radius 2 is 1.89 bits per heavy atom. The van der Waals surface area contributed by atoms with Gasteiger partial charge in [-0.1, -0.05) is 37.3 Å². The van der Waals surface area contributed by atoms with E-state index in [1.54, 1.807) is 0 Å². The summed E-state index contributed by atoms with van der Waals surface area (Å²) in [6.07, 6.45) is 2.42. The van der Waals surface area contributed by atoms with E-state index in [9.17, 15) is 10.2 Å². The van der Waals surface area contributed by atoms with Crippen LogP contribution in [0.1, 0.15) is 44.2 Å². The minimum atomic E-state index is -0.624. The van der Waals surface area contributed by atoms with E-state index in [1.807, 2.05) is 6.07 Å². The molecule has 0 bridgehead atoms. The van der Waals surface area contributed by atoms with Gasteiger partial charge in [0, 0.05) is 17.5 Å². The molecule has 104 valence electrons. The highest BCUT2D eigenvalue weighted by molar-refractivity contribution is 5.22. The van der Waals surface area contributed by atoms with Crippen LogP contribution in [0.25, 0.3) is 0 Å². The summed E-state index contributed by atoms with van der Waals surface area (Å²) in [6, 6.07) is 11.0. The predicted octanol–water partition coefficient (Wildman–Crippen LogP) is 2.00. The number of aliphatic hydroxyl groups is 2. The summed E-state index contributed by atoms with van der Waals surface area (Å²) in [7, 11) is 0.